The summed E-state index contributed by atoms with van der Waals surface area (Å²) in [6, 6.07) is 6.09. The molecule has 0 spiro atoms. The molecule has 0 saturated heterocycles. The molecular formula is C23H34O3. The maximum Gasteiger partial charge on any atom is 0.122 e. The van der Waals surface area contributed by atoms with Crippen molar-refractivity contribution in [3.05, 3.63) is 35.4 Å². The second kappa shape index (κ2) is 6.92. The van der Waals surface area contributed by atoms with Gasteiger partial charge >= 0.3 is 0 Å². The van der Waals surface area contributed by atoms with Gasteiger partial charge in [0.2, 0.25) is 0 Å². The van der Waals surface area contributed by atoms with Crippen LogP contribution >= 0.6 is 0 Å². The van der Waals surface area contributed by atoms with Crippen LogP contribution in [0.15, 0.2) is 29.8 Å². The molecule has 0 aliphatic heterocycles. The number of ether oxygens (including phenoxy) is 2. The van der Waals surface area contributed by atoms with E-state index in [2.05, 4.69) is 39.8 Å². The van der Waals surface area contributed by atoms with E-state index in [0.717, 1.165) is 37.2 Å². The molecule has 1 aromatic carbocycles. The Morgan fingerprint density at radius 3 is 2.50 bits per heavy atom. The highest BCUT2D eigenvalue weighted by Crippen LogP contribution is 2.57. The van der Waals surface area contributed by atoms with Gasteiger partial charge in [0.1, 0.15) is 11.5 Å². The van der Waals surface area contributed by atoms with Crippen molar-refractivity contribution in [3.8, 4) is 11.5 Å². The first-order valence-corrected chi connectivity index (χ1v) is 9.83. The summed E-state index contributed by atoms with van der Waals surface area (Å²) in [6.45, 7) is 9.22. The van der Waals surface area contributed by atoms with E-state index in [0.29, 0.717) is 11.8 Å². The lowest BCUT2D eigenvalue weighted by Crippen LogP contribution is -2.49. The van der Waals surface area contributed by atoms with Crippen LogP contribution in [0.4, 0.5) is 0 Å². The molecular weight excluding hydrogens is 324 g/mol. The quantitative estimate of drug-likeness (QED) is 0.769. The first-order chi connectivity index (χ1) is 12.2. The SMILES string of the molecule is COc1ccc(OC)c(C[C@@]2(C)[C@@H]3CC[C@H](O)C(C)(C)C3=CC[C@@H]2C)c1. The number of aliphatic hydroxyl groups excluding tert-OH is 1. The highest BCUT2D eigenvalue weighted by molar-refractivity contribution is 5.42. The van der Waals surface area contributed by atoms with Gasteiger partial charge in [-0.15, -0.1) is 0 Å². The van der Waals surface area contributed by atoms with Crippen molar-refractivity contribution in [1.82, 2.24) is 0 Å². The van der Waals surface area contributed by atoms with Crippen molar-refractivity contribution < 1.29 is 14.6 Å². The minimum Gasteiger partial charge on any atom is -0.497 e. The van der Waals surface area contributed by atoms with Gasteiger partial charge in [0.15, 0.2) is 0 Å². The minimum atomic E-state index is -0.242. The fraction of sp³-hybridized carbons (Fsp3) is 0.652. The number of aliphatic hydroxyl groups is 1. The highest BCUT2D eigenvalue weighted by atomic mass is 16.5. The second-order valence-corrected chi connectivity index (χ2v) is 9.02. The Hall–Kier alpha value is -1.48. The summed E-state index contributed by atoms with van der Waals surface area (Å²) < 4.78 is 11.1. The predicted molar refractivity (Wildman–Crippen MR) is 106 cm³/mol. The summed E-state index contributed by atoms with van der Waals surface area (Å²) >= 11 is 0. The lowest BCUT2D eigenvalue weighted by molar-refractivity contribution is -0.0112. The Morgan fingerprint density at radius 2 is 1.85 bits per heavy atom. The van der Waals surface area contributed by atoms with Crippen LogP contribution in [0.25, 0.3) is 0 Å². The molecule has 1 N–H and O–H groups in total. The number of allylic oxidation sites excluding steroid dienone is 1. The van der Waals surface area contributed by atoms with Crippen LogP contribution in [0.5, 0.6) is 11.5 Å². The van der Waals surface area contributed by atoms with Crippen LogP contribution in [0.1, 0.15) is 52.5 Å². The lowest BCUT2D eigenvalue weighted by Gasteiger charge is -2.54. The summed E-state index contributed by atoms with van der Waals surface area (Å²) in [4.78, 5) is 0. The molecule has 0 bridgehead atoms. The van der Waals surface area contributed by atoms with Gasteiger partial charge in [-0.1, -0.05) is 39.3 Å². The number of benzene rings is 1. The average Bonchev–Trinajstić information content (AvgIpc) is 2.61. The molecule has 4 atom stereocenters. The van der Waals surface area contributed by atoms with Gasteiger partial charge in [0.25, 0.3) is 0 Å². The van der Waals surface area contributed by atoms with E-state index in [4.69, 9.17) is 9.47 Å². The third-order valence-electron chi connectivity index (χ3n) is 7.35. The van der Waals surface area contributed by atoms with E-state index in [9.17, 15) is 5.11 Å². The van der Waals surface area contributed by atoms with Gasteiger partial charge in [0.05, 0.1) is 20.3 Å². The summed E-state index contributed by atoms with van der Waals surface area (Å²) in [5.41, 5.74) is 2.68. The van der Waals surface area contributed by atoms with Crippen molar-refractivity contribution in [2.75, 3.05) is 14.2 Å². The van der Waals surface area contributed by atoms with Crippen LogP contribution in [0.3, 0.4) is 0 Å². The Labute approximate surface area is 158 Å². The van der Waals surface area contributed by atoms with Crippen molar-refractivity contribution >= 4 is 0 Å². The summed E-state index contributed by atoms with van der Waals surface area (Å²) in [5, 5.41) is 10.6. The number of fused-ring (bicyclic) bond motifs is 1. The summed E-state index contributed by atoms with van der Waals surface area (Å²) in [6.07, 6.45) is 6.15. The molecule has 3 nitrogen and oxygen atoms in total. The average molecular weight is 359 g/mol. The fourth-order valence-electron chi connectivity index (χ4n) is 5.22. The van der Waals surface area contributed by atoms with Crippen LogP contribution in [-0.4, -0.2) is 25.4 Å². The van der Waals surface area contributed by atoms with Gasteiger partial charge in [-0.05, 0) is 66.7 Å². The van der Waals surface area contributed by atoms with Gasteiger partial charge in [-0.3, -0.25) is 0 Å². The molecule has 0 heterocycles. The molecule has 2 aliphatic carbocycles. The Balaban J connectivity index is 2.00. The van der Waals surface area contributed by atoms with Crippen LogP contribution in [0, 0.1) is 22.7 Å². The summed E-state index contributed by atoms with van der Waals surface area (Å²) in [5.74, 6) is 2.90. The third-order valence-corrected chi connectivity index (χ3v) is 7.35. The Morgan fingerprint density at radius 1 is 1.12 bits per heavy atom. The fourth-order valence-corrected chi connectivity index (χ4v) is 5.22. The van der Waals surface area contributed by atoms with Crippen molar-refractivity contribution in [2.45, 2.75) is 59.5 Å². The number of methoxy groups -OCH3 is 2. The first-order valence-electron chi connectivity index (χ1n) is 9.83. The zero-order valence-corrected chi connectivity index (χ0v) is 17.1. The van der Waals surface area contributed by atoms with E-state index in [1.165, 1.54) is 11.1 Å². The number of rotatable bonds is 4. The molecule has 3 rings (SSSR count). The van der Waals surface area contributed by atoms with E-state index in [1.807, 2.05) is 12.1 Å². The number of hydrogen-bond donors (Lipinski definition) is 1. The van der Waals surface area contributed by atoms with E-state index < -0.39 is 0 Å². The zero-order chi connectivity index (χ0) is 19.1. The largest absolute Gasteiger partial charge is 0.497 e. The lowest BCUT2D eigenvalue weighted by atomic mass is 9.51. The molecule has 1 saturated carbocycles. The molecule has 0 aromatic heterocycles. The predicted octanol–water partition coefficient (Wildman–Crippen LogP) is 5.02. The zero-order valence-electron chi connectivity index (χ0n) is 17.1. The molecule has 1 fully saturated rings. The van der Waals surface area contributed by atoms with Crippen LogP contribution in [0.2, 0.25) is 0 Å². The van der Waals surface area contributed by atoms with Crippen molar-refractivity contribution in [3.63, 3.8) is 0 Å². The third kappa shape index (κ3) is 3.05. The molecule has 0 amide bonds. The molecule has 1 aromatic rings. The van der Waals surface area contributed by atoms with Crippen LogP contribution in [-0.2, 0) is 6.42 Å². The molecule has 3 heteroatoms. The van der Waals surface area contributed by atoms with Gasteiger partial charge in [0, 0.05) is 5.41 Å². The molecule has 144 valence electrons. The number of hydrogen-bond acceptors (Lipinski definition) is 3. The monoisotopic (exact) mass is 358 g/mol. The van der Waals surface area contributed by atoms with Gasteiger partial charge in [-0.25, -0.2) is 0 Å². The van der Waals surface area contributed by atoms with E-state index >= 15 is 0 Å². The molecule has 0 unspecified atom stereocenters. The topological polar surface area (TPSA) is 38.7 Å². The first kappa shape index (κ1) is 19.3. The Bertz CT molecular complexity index is 691. The molecule has 26 heavy (non-hydrogen) atoms. The van der Waals surface area contributed by atoms with Crippen molar-refractivity contribution in [2.24, 2.45) is 22.7 Å². The van der Waals surface area contributed by atoms with E-state index in [-0.39, 0.29) is 16.9 Å². The standard InChI is InChI=1S/C23H34O3/c1-15-7-9-18-19(10-12-21(24)22(18,2)3)23(15,4)14-16-13-17(25-5)8-11-20(16)26-6/h8-9,11,13,15,19,21,24H,7,10,12,14H2,1-6H3/t15-,19+,21-,23+/m0/s1. The van der Waals surface area contributed by atoms with Gasteiger partial charge < -0.3 is 14.6 Å². The second-order valence-electron chi connectivity index (χ2n) is 9.02. The normalized spacial score (nSPS) is 33.2. The summed E-state index contributed by atoms with van der Waals surface area (Å²) in [7, 11) is 3.45. The van der Waals surface area contributed by atoms with Crippen molar-refractivity contribution in [1.29, 1.82) is 0 Å². The smallest absolute Gasteiger partial charge is 0.122 e. The van der Waals surface area contributed by atoms with E-state index in [1.54, 1.807) is 14.2 Å². The van der Waals surface area contributed by atoms with Crippen LogP contribution < -0.4 is 9.47 Å². The maximum absolute atomic E-state index is 10.6. The van der Waals surface area contributed by atoms with Gasteiger partial charge in [-0.2, -0.15) is 0 Å². The molecule has 0 radical (unpaired) electrons. The highest BCUT2D eigenvalue weighted by Gasteiger charge is 2.51. The minimum absolute atomic E-state index is 0.136. The Kier molecular flexibility index (Phi) is 5.13. The molecule has 2 aliphatic rings. The maximum atomic E-state index is 10.6.